The van der Waals surface area contributed by atoms with E-state index in [4.69, 9.17) is 16.2 Å². The molecule has 32 heavy (non-hydrogen) atoms. The number of nitrogens with one attached hydrogen (secondary N) is 2. The Bertz CT molecular complexity index is 929. The number of aliphatic hydroxyl groups is 3. The maximum absolute atomic E-state index is 12.3. The van der Waals surface area contributed by atoms with Crippen LogP contribution in [0.3, 0.4) is 0 Å². The molecule has 2 amide bonds. The predicted molar refractivity (Wildman–Crippen MR) is 114 cm³/mol. The molecule has 1 aromatic rings. The molecule has 4 atom stereocenters. The summed E-state index contributed by atoms with van der Waals surface area (Å²) in [5.41, 5.74) is 9.24. The van der Waals surface area contributed by atoms with Crippen molar-refractivity contribution in [1.82, 2.24) is 19.8 Å². The molecule has 1 aliphatic heterocycles. The summed E-state index contributed by atoms with van der Waals surface area (Å²) in [5.74, 6) is 5.19. The summed E-state index contributed by atoms with van der Waals surface area (Å²) in [6, 6.07) is -0.341. The average molecular weight is 454 g/mol. The van der Waals surface area contributed by atoms with Crippen LogP contribution in [0.15, 0.2) is 15.8 Å². The highest BCUT2D eigenvalue weighted by molar-refractivity contribution is 5.74. The molecule has 1 saturated heterocycles. The number of aliphatic hydroxyl groups excluding tert-OH is 3. The van der Waals surface area contributed by atoms with Crippen LogP contribution < -0.4 is 28.0 Å². The van der Waals surface area contributed by atoms with Crippen molar-refractivity contribution in [2.24, 2.45) is 11.5 Å². The summed E-state index contributed by atoms with van der Waals surface area (Å²) in [7, 11) is 0. The first-order chi connectivity index (χ1) is 15.3. The molecule has 2 heterocycles. The first-order valence-electron chi connectivity index (χ1n) is 10.2. The maximum Gasteiger partial charge on any atom is 0.330 e. The van der Waals surface area contributed by atoms with E-state index in [1.807, 2.05) is 0 Å². The number of urea groups is 1. The van der Waals surface area contributed by atoms with Gasteiger partial charge in [-0.2, -0.15) is 0 Å². The molecule has 0 spiro atoms. The molecule has 0 unspecified atom stereocenters. The number of hydrogen-bond acceptors (Lipinski definition) is 9. The Labute approximate surface area is 184 Å². The van der Waals surface area contributed by atoms with Crippen LogP contribution in [0.4, 0.5) is 4.79 Å². The predicted octanol–water partition coefficient (Wildman–Crippen LogP) is -3.79. The van der Waals surface area contributed by atoms with Gasteiger partial charge in [-0.25, -0.2) is 9.59 Å². The van der Waals surface area contributed by atoms with Crippen LogP contribution in [-0.2, 0) is 4.74 Å². The number of aromatic nitrogens is 2. The summed E-state index contributed by atoms with van der Waals surface area (Å²) in [6.45, 7) is 1.22. The molecule has 178 valence electrons. The third-order valence-corrected chi connectivity index (χ3v) is 4.86. The molecule has 1 aliphatic rings. The maximum atomic E-state index is 12.3. The van der Waals surface area contributed by atoms with Gasteiger partial charge in [-0.15, -0.1) is 0 Å². The zero-order valence-corrected chi connectivity index (χ0v) is 17.6. The van der Waals surface area contributed by atoms with Gasteiger partial charge in [0.15, 0.2) is 6.23 Å². The van der Waals surface area contributed by atoms with E-state index in [0.29, 0.717) is 39.0 Å². The van der Waals surface area contributed by atoms with Crippen LogP contribution in [0.1, 0.15) is 24.6 Å². The first-order valence-corrected chi connectivity index (χ1v) is 10.2. The van der Waals surface area contributed by atoms with Gasteiger partial charge in [0.1, 0.15) is 23.9 Å². The number of hydrogen-bond donors (Lipinski definition) is 7. The summed E-state index contributed by atoms with van der Waals surface area (Å²) >= 11 is 0. The summed E-state index contributed by atoms with van der Waals surface area (Å²) in [5, 5.41) is 31.8. The second-order valence-corrected chi connectivity index (χ2v) is 7.17. The minimum absolute atomic E-state index is 0.0625. The Morgan fingerprint density at radius 3 is 2.44 bits per heavy atom. The fraction of sp³-hybridized carbons (Fsp3) is 0.632. The number of H-pyrrole nitrogens is 1. The van der Waals surface area contributed by atoms with Crippen LogP contribution in [0, 0.1) is 11.8 Å². The molecule has 9 N–H and O–H groups in total. The standard InChI is InChI=1S/C19H30N6O7/c20-5-2-8-24(9-3-6-21)18(30)22-7-1-4-12-10-25(19(31)23-16(12)29)17-15(28)14(27)13(11-26)32-17/h10,13-15,17,26-28H,2-3,5-9,11,20-21H2,(H,22,30)(H,23,29,31)/t13-,14-,15-,17-/m1/s1. The van der Waals surface area contributed by atoms with Gasteiger partial charge in [0.25, 0.3) is 5.56 Å². The van der Waals surface area contributed by atoms with E-state index in [2.05, 4.69) is 22.1 Å². The van der Waals surface area contributed by atoms with Gasteiger partial charge < -0.3 is 41.7 Å². The van der Waals surface area contributed by atoms with Gasteiger partial charge >= 0.3 is 11.7 Å². The van der Waals surface area contributed by atoms with Crippen LogP contribution in [-0.4, -0.2) is 93.4 Å². The van der Waals surface area contributed by atoms with Crippen LogP contribution in [0.5, 0.6) is 0 Å². The SMILES string of the molecule is NCCCN(CCCN)C(=O)NCC#Cc1cn([C@@H]2O[C@H](CO)[C@@H](O)[C@H]2O)c(=O)[nH]c1=O. The number of carbonyl (C=O) groups excluding carboxylic acids is 1. The molecule has 1 aromatic heterocycles. The van der Waals surface area contributed by atoms with E-state index in [1.165, 1.54) is 0 Å². The molecule has 13 nitrogen and oxygen atoms in total. The number of amides is 2. The Kier molecular flexibility index (Phi) is 9.85. The molecule has 0 bridgehead atoms. The molecule has 1 fully saturated rings. The van der Waals surface area contributed by atoms with Crippen molar-refractivity contribution in [3.05, 3.63) is 32.6 Å². The van der Waals surface area contributed by atoms with Crippen LogP contribution in [0.25, 0.3) is 0 Å². The molecule has 0 saturated carbocycles. The normalized spacial score (nSPS) is 22.3. The van der Waals surface area contributed by atoms with E-state index in [-0.39, 0.29) is 18.1 Å². The van der Waals surface area contributed by atoms with Crippen molar-refractivity contribution in [2.45, 2.75) is 37.4 Å². The third-order valence-electron chi connectivity index (χ3n) is 4.86. The van der Waals surface area contributed by atoms with Crippen molar-refractivity contribution < 1.29 is 24.9 Å². The van der Waals surface area contributed by atoms with E-state index >= 15 is 0 Å². The van der Waals surface area contributed by atoms with Crippen molar-refractivity contribution in [3.8, 4) is 11.8 Å². The number of rotatable bonds is 9. The van der Waals surface area contributed by atoms with Gasteiger partial charge in [-0.1, -0.05) is 11.8 Å². The molecule has 13 heteroatoms. The summed E-state index contributed by atoms with van der Waals surface area (Å²) < 4.78 is 6.19. The highest BCUT2D eigenvalue weighted by Crippen LogP contribution is 2.27. The Hall–Kier alpha value is -2.73. The van der Waals surface area contributed by atoms with Gasteiger partial charge in [0.05, 0.1) is 13.2 Å². The monoisotopic (exact) mass is 454 g/mol. The van der Waals surface area contributed by atoms with Gasteiger partial charge in [-0.3, -0.25) is 14.3 Å². The molecule has 0 radical (unpaired) electrons. The molecule has 2 rings (SSSR count). The highest BCUT2D eigenvalue weighted by Gasteiger charge is 2.43. The van der Waals surface area contributed by atoms with Crippen molar-refractivity contribution in [3.63, 3.8) is 0 Å². The topological polar surface area (TPSA) is 209 Å². The van der Waals surface area contributed by atoms with Gasteiger partial charge in [-0.05, 0) is 25.9 Å². The van der Waals surface area contributed by atoms with Crippen molar-refractivity contribution in [2.75, 3.05) is 39.3 Å². The van der Waals surface area contributed by atoms with Crippen molar-refractivity contribution >= 4 is 6.03 Å². The zero-order valence-electron chi connectivity index (χ0n) is 17.6. The smallest absolute Gasteiger partial charge is 0.330 e. The van der Waals surface area contributed by atoms with E-state index in [1.54, 1.807) is 4.90 Å². The number of aromatic amines is 1. The van der Waals surface area contributed by atoms with Crippen LogP contribution in [0.2, 0.25) is 0 Å². The quantitative estimate of drug-likeness (QED) is 0.182. The van der Waals surface area contributed by atoms with Gasteiger partial charge in [0.2, 0.25) is 0 Å². The van der Waals surface area contributed by atoms with E-state index in [9.17, 15) is 29.7 Å². The summed E-state index contributed by atoms with van der Waals surface area (Å²) in [6.07, 6.45) is -2.93. The lowest BCUT2D eigenvalue weighted by molar-refractivity contribution is -0.0550. The highest BCUT2D eigenvalue weighted by atomic mass is 16.6. The van der Waals surface area contributed by atoms with E-state index in [0.717, 1.165) is 10.8 Å². The second-order valence-electron chi connectivity index (χ2n) is 7.17. The third kappa shape index (κ3) is 6.39. The number of nitrogens with two attached hydrogens (primary N) is 2. The second kappa shape index (κ2) is 12.3. The fourth-order valence-electron chi connectivity index (χ4n) is 3.12. The lowest BCUT2D eigenvalue weighted by atomic mass is 10.1. The Balaban J connectivity index is 2.09. The number of ether oxygens (including phenoxy) is 1. The summed E-state index contributed by atoms with van der Waals surface area (Å²) in [4.78, 5) is 40.1. The fourth-order valence-corrected chi connectivity index (χ4v) is 3.12. The minimum atomic E-state index is -1.50. The molecular formula is C19H30N6O7. The Morgan fingerprint density at radius 1 is 1.22 bits per heavy atom. The van der Waals surface area contributed by atoms with Gasteiger partial charge in [0, 0.05) is 19.3 Å². The number of nitrogens with zero attached hydrogens (tertiary/aromatic N) is 2. The Morgan fingerprint density at radius 2 is 1.88 bits per heavy atom. The zero-order chi connectivity index (χ0) is 23.7. The molecular weight excluding hydrogens is 424 g/mol. The first kappa shape index (κ1) is 25.5. The van der Waals surface area contributed by atoms with E-state index < -0.39 is 42.4 Å². The lowest BCUT2D eigenvalue weighted by Gasteiger charge is -2.22. The molecule has 0 aliphatic carbocycles. The lowest BCUT2D eigenvalue weighted by Crippen LogP contribution is -2.42. The van der Waals surface area contributed by atoms with Crippen molar-refractivity contribution in [1.29, 1.82) is 0 Å². The molecule has 0 aromatic carbocycles. The average Bonchev–Trinajstić information content (AvgIpc) is 3.06. The minimum Gasteiger partial charge on any atom is -0.394 e. The number of carbonyl (C=O) groups is 1. The largest absolute Gasteiger partial charge is 0.394 e. The van der Waals surface area contributed by atoms with Crippen LogP contribution >= 0.6 is 0 Å².